The summed E-state index contributed by atoms with van der Waals surface area (Å²) in [4.78, 5) is 26.5. The van der Waals surface area contributed by atoms with E-state index >= 15 is 0 Å². The van der Waals surface area contributed by atoms with Gasteiger partial charge in [0.2, 0.25) is 5.91 Å². The summed E-state index contributed by atoms with van der Waals surface area (Å²) in [6.45, 7) is 2.89. The van der Waals surface area contributed by atoms with Gasteiger partial charge in [-0.25, -0.2) is 4.79 Å². The van der Waals surface area contributed by atoms with Gasteiger partial charge in [-0.3, -0.25) is 4.79 Å². The molecule has 3 amide bonds. The number of rotatable bonds is 4. The molecule has 10 heteroatoms. The molecule has 8 nitrogen and oxygen atoms in total. The first kappa shape index (κ1) is 23.1. The van der Waals surface area contributed by atoms with E-state index in [1.807, 2.05) is 6.92 Å². The normalized spacial score (nSPS) is 26.9. The zero-order valence-corrected chi connectivity index (χ0v) is 18.3. The average Bonchev–Trinajstić information content (AvgIpc) is 2.68. The predicted molar refractivity (Wildman–Crippen MR) is 114 cm³/mol. The molecule has 1 aromatic rings. The number of benzene rings is 1. The predicted octanol–water partition coefficient (Wildman–Crippen LogP) is 2.66. The Bertz CT molecular complexity index is 766. The first-order valence-corrected chi connectivity index (χ1v) is 10.8. The number of urea groups is 1. The second-order valence-corrected chi connectivity index (χ2v) is 8.32. The van der Waals surface area contributed by atoms with Gasteiger partial charge in [0.15, 0.2) is 0 Å². The van der Waals surface area contributed by atoms with Gasteiger partial charge in [0.25, 0.3) is 0 Å². The monoisotopic (exact) mass is 459 g/mol. The van der Waals surface area contributed by atoms with Crippen LogP contribution < -0.4 is 10.6 Å². The standard InChI is InChI=1S/C20H27Cl2N3O5/c1-2-23-19(27)8-14-4-6-17-18(30-14)11-29-10-13(26)9-25(17)20(28)24-12-3-5-15(21)16(22)7-12/h3,5,7,13-14,17-18,26H,2,4,6,8-11H2,1H3,(H,23,27)(H,24,28)/t13-,14+,17+,18-/m1/s1. The Balaban J connectivity index is 1.71. The number of β-amino-alcohol motifs (C(OH)–C–C–N with tert-alkyl or cyclic N) is 1. The van der Waals surface area contributed by atoms with E-state index in [-0.39, 0.29) is 56.4 Å². The van der Waals surface area contributed by atoms with Crippen LogP contribution in [-0.4, -0.2) is 72.6 Å². The maximum atomic E-state index is 13.0. The summed E-state index contributed by atoms with van der Waals surface area (Å²) in [5, 5.41) is 16.5. The molecule has 0 spiro atoms. The SMILES string of the molecule is CCNC(=O)C[C@@H]1CC[C@H]2[C@@H](COC[C@H](O)CN2C(=O)Nc2ccc(Cl)c(Cl)c2)O1. The number of aliphatic hydroxyl groups is 1. The van der Waals surface area contributed by atoms with Gasteiger partial charge in [0, 0.05) is 12.2 Å². The average molecular weight is 460 g/mol. The van der Waals surface area contributed by atoms with Crippen molar-refractivity contribution in [3.63, 3.8) is 0 Å². The molecule has 3 N–H and O–H groups in total. The maximum absolute atomic E-state index is 13.0. The Morgan fingerprint density at radius 3 is 2.77 bits per heavy atom. The van der Waals surface area contributed by atoms with Crippen molar-refractivity contribution in [2.75, 3.05) is 31.6 Å². The van der Waals surface area contributed by atoms with Gasteiger partial charge in [0.05, 0.1) is 54.5 Å². The molecule has 0 unspecified atom stereocenters. The highest BCUT2D eigenvalue weighted by Gasteiger charge is 2.40. The largest absolute Gasteiger partial charge is 0.389 e. The second-order valence-electron chi connectivity index (χ2n) is 7.50. The third-order valence-electron chi connectivity index (χ3n) is 5.20. The fourth-order valence-electron chi connectivity index (χ4n) is 3.82. The fourth-order valence-corrected chi connectivity index (χ4v) is 4.12. The third-order valence-corrected chi connectivity index (χ3v) is 5.94. The number of carbonyl (C=O) groups excluding carboxylic acids is 2. The Hall–Kier alpha value is -1.58. The molecule has 2 fully saturated rings. The smallest absolute Gasteiger partial charge is 0.322 e. The number of nitrogens with zero attached hydrogens (tertiary/aromatic N) is 1. The minimum absolute atomic E-state index is 0.0580. The van der Waals surface area contributed by atoms with Crippen molar-refractivity contribution in [1.29, 1.82) is 0 Å². The molecule has 2 saturated heterocycles. The maximum Gasteiger partial charge on any atom is 0.322 e. The van der Waals surface area contributed by atoms with E-state index in [0.717, 1.165) is 0 Å². The van der Waals surface area contributed by atoms with Crippen molar-refractivity contribution in [2.24, 2.45) is 0 Å². The Kier molecular flexibility index (Phi) is 8.19. The van der Waals surface area contributed by atoms with Gasteiger partial charge < -0.3 is 30.1 Å². The van der Waals surface area contributed by atoms with Crippen molar-refractivity contribution in [3.8, 4) is 0 Å². The summed E-state index contributed by atoms with van der Waals surface area (Å²) < 4.78 is 11.7. The molecule has 0 saturated carbocycles. The third kappa shape index (κ3) is 5.98. The molecule has 0 bridgehead atoms. The quantitative estimate of drug-likeness (QED) is 0.642. The summed E-state index contributed by atoms with van der Waals surface area (Å²) in [5.41, 5.74) is 0.504. The number of hydrogen-bond acceptors (Lipinski definition) is 5. The van der Waals surface area contributed by atoms with Crippen LogP contribution in [0.25, 0.3) is 0 Å². The molecule has 0 radical (unpaired) electrons. The van der Waals surface area contributed by atoms with Crippen molar-refractivity contribution in [2.45, 2.75) is 50.5 Å². The van der Waals surface area contributed by atoms with E-state index in [2.05, 4.69) is 10.6 Å². The molecular weight excluding hydrogens is 433 g/mol. The lowest BCUT2D eigenvalue weighted by Gasteiger charge is -2.44. The highest BCUT2D eigenvalue weighted by Crippen LogP contribution is 2.29. The first-order valence-electron chi connectivity index (χ1n) is 10.1. The van der Waals surface area contributed by atoms with Crippen LogP contribution in [0.1, 0.15) is 26.2 Å². The van der Waals surface area contributed by atoms with Crippen LogP contribution >= 0.6 is 23.2 Å². The molecule has 3 rings (SSSR count). The zero-order chi connectivity index (χ0) is 21.7. The van der Waals surface area contributed by atoms with E-state index in [1.54, 1.807) is 23.1 Å². The Morgan fingerprint density at radius 2 is 2.03 bits per heavy atom. The van der Waals surface area contributed by atoms with E-state index < -0.39 is 6.10 Å². The molecule has 2 heterocycles. The van der Waals surface area contributed by atoms with Crippen LogP contribution in [0.4, 0.5) is 10.5 Å². The summed E-state index contributed by atoms with van der Waals surface area (Å²) in [6, 6.07) is 4.19. The molecule has 2 aliphatic rings. The number of hydrogen-bond donors (Lipinski definition) is 3. The lowest BCUT2D eigenvalue weighted by Crippen LogP contribution is -2.58. The topological polar surface area (TPSA) is 100 Å². The number of aliphatic hydroxyl groups excluding tert-OH is 1. The number of fused-ring (bicyclic) bond motifs is 1. The van der Waals surface area contributed by atoms with Gasteiger partial charge in [-0.15, -0.1) is 0 Å². The Labute approximate surface area is 185 Å². The second kappa shape index (κ2) is 10.6. The minimum Gasteiger partial charge on any atom is -0.389 e. The van der Waals surface area contributed by atoms with Crippen molar-refractivity contribution in [1.82, 2.24) is 10.2 Å². The summed E-state index contributed by atoms with van der Waals surface area (Å²) in [5.74, 6) is -0.0580. The molecule has 1 aromatic carbocycles. The zero-order valence-electron chi connectivity index (χ0n) is 16.8. The summed E-state index contributed by atoms with van der Waals surface area (Å²) >= 11 is 12.0. The molecule has 30 heavy (non-hydrogen) atoms. The van der Waals surface area contributed by atoms with Gasteiger partial charge in [0.1, 0.15) is 6.10 Å². The van der Waals surface area contributed by atoms with Crippen LogP contribution in [0.2, 0.25) is 10.0 Å². The minimum atomic E-state index is -0.807. The van der Waals surface area contributed by atoms with Crippen LogP contribution in [0.15, 0.2) is 18.2 Å². The van der Waals surface area contributed by atoms with E-state index in [1.165, 1.54) is 0 Å². The summed E-state index contributed by atoms with van der Waals surface area (Å²) in [6.07, 6.45) is 0.120. The number of nitrogens with one attached hydrogen (secondary N) is 2. The van der Waals surface area contributed by atoms with Gasteiger partial charge in [-0.05, 0) is 38.0 Å². The number of amides is 3. The van der Waals surface area contributed by atoms with Gasteiger partial charge in [-0.1, -0.05) is 23.2 Å². The number of halogens is 2. The fraction of sp³-hybridized carbons (Fsp3) is 0.600. The molecule has 2 aliphatic heterocycles. The highest BCUT2D eigenvalue weighted by molar-refractivity contribution is 6.42. The molecule has 166 valence electrons. The van der Waals surface area contributed by atoms with E-state index in [9.17, 15) is 14.7 Å². The number of ether oxygens (including phenoxy) is 2. The molecule has 0 aliphatic carbocycles. The summed E-state index contributed by atoms with van der Waals surface area (Å²) in [7, 11) is 0. The number of carbonyl (C=O) groups is 2. The van der Waals surface area contributed by atoms with Crippen molar-refractivity contribution < 1.29 is 24.2 Å². The Morgan fingerprint density at radius 1 is 1.23 bits per heavy atom. The number of anilines is 1. The van der Waals surface area contributed by atoms with E-state index in [0.29, 0.717) is 35.1 Å². The first-order chi connectivity index (χ1) is 14.4. The van der Waals surface area contributed by atoms with Crippen LogP contribution in [0.3, 0.4) is 0 Å². The molecular formula is C20H27Cl2N3O5. The van der Waals surface area contributed by atoms with Crippen LogP contribution in [-0.2, 0) is 14.3 Å². The van der Waals surface area contributed by atoms with Crippen molar-refractivity contribution in [3.05, 3.63) is 28.2 Å². The van der Waals surface area contributed by atoms with Gasteiger partial charge in [-0.2, -0.15) is 0 Å². The van der Waals surface area contributed by atoms with Crippen molar-refractivity contribution >= 4 is 40.8 Å². The molecule has 4 atom stereocenters. The van der Waals surface area contributed by atoms with Crippen LogP contribution in [0.5, 0.6) is 0 Å². The lowest BCUT2D eigenvalue weighted by molar-refractivity contribution is -0.149. The van der Waals surface area contributed by atoms with Gasteiger partial charge >= 0.3 is 6.03 Å². The lowest BCUT2D eigenvalue weighted by atomic mass is 9.95. The van der Waals surface area contributed by atoms with Crippen LogP contribution in [0, 0.1) is 0 Å². The highest BCUT2D eigenvalue weighted by atomic mass is 35.5. The molecule has 0 aromatic heterocycles. The van der Waals surface area contributed by atoms with E-state index in [4.69, 9.17) is 32.7 Å².